The van der Waals surface area contributed by atoms with E-state index in [1.807, 2.05) is 0 Å². The fraction of sp³-hybridized carbons (Fsp3) is 0.385. The molecular formula is C13H15OTi-. The first-order chi connectivity index (χ1) is 6.83. The molecule has 0 N–H and O–H groups in total. The van der Waals surface area contributed by atoms with E-state index in [2.05, 4.69) is 37.3 Å². The Morgan fingerprint density at radius 3 is 2.80 bits per heavy atom. The maximum absolute atomic E-state index is 5.10. The monoisotopic (exact) mass is 235 g/mol. The summed E-state index contributed by atoms with van der Waals surface area (Å²) in [6, 6.07) is 8.55. The number of hydrogen-bond acceptors (Lipinski definition) is 1. The van der Waals surface area contributed by atoms with Crippen molar-refractivity contribution in [3.63, 3.8) is 0 Å². The van der Waals surface area contributed by atoms with Crippen molar-refractivity contribution in [2.45, 2.75) is 19.3 Å². The summed E-state index contributed by atoms with van der Waals surface area (Å²) in [4.78, 5) is 0. The van der Waals surface area contributed by atoms with Gasteiger partial charge in [0.25, 0.3) is 0 Å². The van der Waals surface area contributed by atoms with Crippen molar-refractivity contribution in [1.82, 2.24) is 0 Å². The maximum atomic E-state index is 5.10. The molecule has 0 bridgehead atoms. The van der Waals surface area contributed by atoms with E-state index in [4.69, 9.17) is 4.74 Å². The molecule has 1 aromatic carbocycles. The number of benzene rings is 1. The normalized spacial score (nSPS) is 18.0. The van der Waals surface area contributed by atoms with Crippen molar-refractivity contribution in [3.05, 3.63) is 41.5 Å². The van der Waals surface area contributed by atoms with E-state index in [-0.39, 0.29) is 21.7 Å². The molecule has 0 fully saturated rings. The summed E-state index contributed by atoms with van der Waals surface area (Å²) in [6.07, 6.45) is 4.52. The number of hydrogen-bond donors (Lipinski definition) is 0. The van der Waals surface area contributed by atoms with Gasteiger partial charge in [0.15, 0.2) is 0 Å². The van der Waals surface area contributed by atoms with Crippen LogP contribution in [0.4, 0.5) is 0 Å². The summed E-state index contributed by atoms with van der Waals surface area (Å²) in [5, 5.41) is 0. The van der Waals surface area contributed by atoms with Gasteiger partial charge in [-0.25, -0.2) is 5.57 Å². The standard InChI is InChI=1S/C13H15O.Ti/c1-10-9-11(7-8-14-2)13-6-4-3-5-12(10)13;/h3-6,11H,7-8H2,1-2H3;/q-1;. The zero-order valence-corrected chi connectivity index (χ0v) is 10.8. The average Bonchev–Trinajstić information content (AvgIpc) is 2.54. The SMILES string of the molecule is COCCC1[C-]=C(C)c2ccccc21.[Ti]. The molecule has 1 unspecified atom stereocenters. The Hall–Kier alpha value is -0.366. The third-order valence-electron chi connectivity index (χ3n) is 2.74. The van der Waals surface area contributed by atoms with Crippen molar-refractivity contribution in [2.24, 2.45) is 0 Å². The van der Waals surface area contributed by atoms with Gasteiger partial charge in [-0.15, -0.1) is 11.6 Å². The summed E-state index contributed by atoms with van der Waals surface area (Å²) < 4.78 is 5.10. The second-order valence-corrected chi connectivity index (χ2v) is 3.69. The van der Waals surface area contributed by atoms with Gasteiger partial charge in [-0.3, -0.25) is 6.08 Å². The summed E-state index contributed by atoms with van der Waals surface area (Å²) >= 11 is 0. The van der Waals surface area contributed by atoms with Gasteiger partial charge in [0, 0.05) is 35.4 Å². The molecule has 0 aromatic heterocycles. The Morgan fingerprint density at radius 1 is 1.33 bits per heavy atom. The minimum atomic E-state index is 0. The molecule has 0 saturated carbocycles. The van der Waals surface area contributed by atoms with Crippen LogP contribution in [0.3, 0.4) is 0 Å². The summed E-state index contributed by atoms with van der Waals surface area (Å²) in [6.45, 7) is 2.94. The smallest absolute Gasteiger partial charge is 0.0455 e. The second-order valence-electron chi connectivity index (χ2n) is 3.69. The molecule has 0 amide bonds. The molecular weight excluding hydrogens is 220 g/mol. The maximum Gasteiger partial charge on any atom is 0.0455 e. The number of fused-ring (bicyclic) bond motifs is 1. The average molecular weight is 235 g/mol. The van der Waals surface area contributed by atoms with E-state index in [1.54, 1.807) is 7.11 Å². The number of rotatable bonds is 3. The van der Waals surface area contributed by atoms with Crippen LogP contribution in [0.5, 0.6) is 0 Å². The van der Waals surface area contributed by atoms with Gasteiger partial charge in [0.1, 0.15) is 0 Å². The number of methoxy groups -OCH3 is 1. The molecule has 78 valence electrons. The van der Waals surface area contributed by atoms with Crippen LogP contribution >= 0.6 is 0 Å². The Bertz CT molecular complexity index is 357. The Kier molecular flexibility index (Phi) is 4.78. The fourth-order valence-corrected chi connectivity index (χ4v) is 2.02. The number of allylic oxidation sites excluding steroid dienone is 2. The van der Waals surface area contributed by atoms with E-state index in [1.165, 1.54) is 16.7 Å². The van der Waals surface area contributed by atoms with Gasteiger partial charge >= 0.3 is 0 Å². The minimum absolute atomic E-state index is 0. The van der Waals surface area contributed by atoms with Gasteiger partial charge < -0.3 is 4.74 Å². The predicted molar refractivity (Wildman–Crippen MR) is 58.0 cm³/mol. The molecule has 2 heteroatoms. The molecule has 1 nitrogen and oxygen atoms in total. The molecule has 1 aliphatic carbocycles. The number of ether oxygens (including phenoxy) is 1. The molecule has 2 rings (SSSR count). The minimum Gasteiger partial charge on any atom is -0.385 e. The van der Waals surface area contributed by atoms with Crippen molar-refractivity contribution in [3.8, 4) is 0 Å². The molecule has 15 heavy (non-hydrogen) atoms. The Labute approximate surface area is 106 Å². The predicted octanol–water partition coefficient (Wildman–Crippen LogP) is 3.02. The molecule has 0 saturated heterocycles. The molecule has 1 aliphatic rings. The molecule has 1 atom stereocenters. The van der Waals surface area contributed by atoms with Crippen molar-refractivity contribution in [2.75, 3.05) is 13.7 Å². The van der Waals surface area contributed by atoms with E-state index in [0.717, 1.165) is 13.0 Å². The first kappa shape index (κ1) is 12.7. The van der Waals surface area contributed by atoms with E-state index < -0.39 is 0 Å². The fourth-order valence-electron chi connectivity index (χ4n) is 2.02. The molecule has 0 spiro atoms. The van der Waals surface area contributed by atoms with Crippen LogP contribution in [0.2, 0.25) is 0 Å². The molecule has 0 heterocycles. The van der Waals surface area contributed by atoms with Crippen molar-refractivity contribution < 1.29 is 26.5 Å². The summed E-state index contributed by atoms with van der Waals surface area (Å²) in [7, 11) is 1.75. The van der Waals surface area contributed by atoms with Crippen LogP contribution in [0.25, 0.3) is 5.57 Å². The quantitative estimate of drug-likeness (QED) is 0.578. The van der Waals surface area contributed by atoms with Gasteiger partial charge in [-0.05, 0) is 6.42 Å². The third-order valence-corrected chi connectivity index (χ3v) is 2.74. The van der Waals surface area contributed by atoms with Crippen LogP contribution in [0.15, 0.2) is 24.3 Å². The zero-order valence-electron chi connectivity index (χ0n) is 9.21. The van der Waals surface area contributed by atoms with Crippen LogP contribution in [-0.4, -0.2) is 13.7 Å². The zero-order chi connectivity index (χ0) is 9.97. The topological polar surface area (TPSA) is 9.23 Å². The van der Waals surface area contributed by atoms with Crippen LogP contribution < -0.4 is 0 Å². The van der Waals surface area contributed by atoms with Crippen LogP contribution in [0, 0.1) is 6.08 Å². The summed E-state index contributed by atoms with van der Waals surface area (Å²) in [5.74, 6) is 0.436. The third kappa shape index (κ3) is 2.60. The van der Waals surface area contributed by atoms with E-state index >= 15 is 0 Å². The van der Waals surface area contributed by atoms with Crippen molar-refractivity contribution in [1.29, 1.82) is 0 Å². The van der Waals surface area contributed by atoms with Gasteiger partial charge in [-0.2, -0.15) is 5.56 Å². The molecule has 0 aliphatic heterocycles. The first-order valence-electron chi connectivity index (χ1n) is 5.01. The van der Waals surface area contributed by atoms with Gasteiger partial charge in [-0.1, -0.05) is 31.0 Å². The van der Waals surface area contributed by atoms with Crippen LogP contribution in [-0.2, 0) is 26.5 Å². The largest absolute Gasteiger partial charge is 0.385 e. The Balaban J connectivity index is 0.00000112. The van der Waals surface area contributed by atoms with E-state index in [9.17, 15) is 0 Å². The van der Waals surface area contributed by atoms with E-state index in [0.29, 0.717) is 5.92 Å². The summed E-state index contributed by atoms with van der Waals surface area (Å²) in [5.41, 5.74) is 4.04. The molecule has 0 radical (unpaired) electrons. The van der Waals surface area contributed by atoms with Crippen molar-refractivity contribution >= 4 is 5.57 Å². The Morgan fingerprint density at radius 2 is 2.07 bits per heavy atom. The van der Waals surface area contributed by atoms with Crippen LogP contribution in [0.1, 0.15) is 30.4 Å². The first-order valence-corrected chi connectivity index (χ1v) is 5.01. The van der Waals surface area contributed by atoms with Gasteiger partial charge in [0.05, 0.1) is 0 Å². The van der Waals surface area contributed by atoms with Gasteiger partial charge in [0.2, 0.25) is 0 Å². The second kappa shape index (κ2) is 5.65. The molecule has 1 aromatic rings.